The Morgan fingerprint density at radius 3 is 1.82 bits per heavy atom. The molecule has 1 heterocycles. The van der Waals surface area contributed by atoms with Crippen molar-refractivity contribution in [1.82, 2.24) is 5.32 Å². The van der Waals surface area contributed by atoms with Gasteiger partial charge in [0.15, 0.2) is 18.3 Å². The molecule has 14 heteroatoms. The van der Waals surface area contributed by atoms with Crippen molar-refractivity contribution in [2.45, 2.75) is 70.5 Å². The molecule has 0 radical (unpaired) electrons. The van der Waals surface area contributed by atoms with Crippen LogP contribution in [0.5, 0.6) is 0 Å². The third kappa shape index (κ3) is 9.55. The van der Waals surface area contributed by atoms with Crippen LogP contribution in [0.1, 0.15) is 34.6 Å². The molecule has 0 aliphatic carbocycles. The lowest BCUT2D eigenvalue weighted by molar-refractivity contribution is -0.237. The predicted octanol–water partition coefficient (Wildman–Crippen LogP) is -0.520. The van der Waals surface area contributed by atoms with E-state index >= 15 is 0 Å². The quantitative estimate of drug-likeness (QED) is 0.296. The molecular weight excluding hydrogens is 478 g/mol. The van der Waals surface area contributed by atoms with Crippen molar-refractivity contribution < 1.29 is 57.2 Å². The molecule has 1 amide bonds. The van der Waals surface area contributed by atoms with Crippen LogP contribution in [0, 0.1) is 0 Å². The highest BCUT2D eigenvalue weighted by atomic mass is 32.2. The fourth-order valence-electron chi connectivity index (χ4n) is 3.07. The van der Waals surface area contributed by atoms with Gasteiger partial charge in [0.05, 0.1) is 7.11 Å². The van der Waals surface area contributed by atoms with Crippen LogP contribution in [0.2, 0.25) is 0 Å². The van der Waals surface area contributed by atoms with Gasteiger partial charge in [0.2, 0.25) is 5.91 Å². The maximum atomic E-state index is 12.0. The van der Waals surface area contributed by atoms with E-state index in [4.69, 9.17) is 23.7 Å². The highest BCUT2D eigenvalue weighted by Gasteiger charge is 2.52. The molecule has 1 N–H and O–H groups in total. The van der Waals surface area contributed by atoms with E-state index in [1.807, 2.05) is 0 Å². The Balaban J connectivity index is 3.32. The average Bonchev–Trinajstić information content (AvgIpc) is 2.71. The second-order valence-corrected chi connectivity index (χ2v) is 8.31. The zero-order chi connectivity index (χ0) is 26.0. The first-order chi connectivity index (χ1) is 15.8. The smallest absolute Gasteiger partial charge is 0.329 e. The van der Waals surface area contributed by atoms with Gasteiger partial charge in [-0.25, -0.2) is 4.79 Å². The van der Waals surface area contributed by atoms with Crippen molar-refractivity contribution in [3.8, 4) is 0 Å². The summed E-state index contributed by atoms with van der Waals surface area (Å²) < 4.78 is 31.6. The third-order valence-electron chi connectivity index (χ3n) is 4.24. The molecule has 0 aromatic rings. The molecule has 1 fully saturated rings. The number of esters is 5. The molecule has 0 spiro atoms. The van der Waals surface area contributed by atoms with Gasteiger partial charge in [-0.05, 0) is 0 Å². The molecule has 0 bridgehead atoms. The summed E-state index contributed by atoms with van der Waals surface area (Å²) in [6, 6.07) is -1.07. The zero-order valence-corrected chi connectivity index (χ0v) is 20.5. The summed E-state index contributed by atoms with van der Waals surface area (Å²) in [6.07, 6.45) is -5.00. The topological polar surface area (TPSA) is 170 Å². The summed E-state index contributed by atoms with van der Waals surface area (Å²) >= 11 is 0.944. The second-order valence-electron chi connectivity index (χ2n) is 7.18. The normalized spacial score (nSPS) is 24.7. The van der Waals surface area contributed by atoms with E-state index in [0.717, 1.165) is 46.6 Å². The van der Waals surface area contributed by atoms with Gasteiger partial charge >= 0.3 is 29.8 Å². The number of hydrogen-bond donors (Lipinski definition) is 1. The van der Waals surface area contributed by atoms with E-state index in [1.165, 1.54) is 6.92 Å². The molecule has 192 valence electrons. The molecule has 1 aliphatic heterocycles. The first kappa shape index (κ1) is 29.2. The van der Waals surface area contributed by atoms with Crippen molar-refractivity contribution in [2.75, 3.05) is 19.5 Å². The highest BCUT2D eigenvalue weighted by Crippen LogP contribution is 2.34. The largest absolute Gasteiger partial charge is 0.467 e. The van der Waals surface area contributed by atoms with Crippen LogP contribution in [-0.2, 0) is 57.2 Å². The van der Waals surface area contributed by atoms with Crippen molar-refractivity contribution in [1.29, 1.82) is 0 Å². The maximum Gasteiger partial charge on any atom is 0.329 e. The highest BCUT2D eigenvalue weighted by molar-refractivity contribution is 7.99. The van der Waals surface area contributed by atoms with Gasteiger partial charge in [0.1, 0.15) is 24.2 Å². The number of methoxy groups -OCH3 is 1. The molecule has 0 aromatic heterocycles. The molecule has 1 rings (SSSR count). The van der Waals surface area contributed by atoms with Gasteiger partial charge in [-0.2, -0.15) is 0 Å². The molecule has 1 aliphatic rings. The van der Waals surface area contributed by atoms with E-state index in [-0.39, 0.29) is 12.4 Å². The van der Waals surface area contributed by atoms with Crippen molar-refractivity contribution in [3.63, 3.8) is 0 Å². The van der Waals surface area contributed by atoms with Gasteiger partial charge in [-0.1, -0.05) is 0 Å². The second kappa shape index (κ2) is 13.7. The number of nitrogens with one attached hydrogen (secondary N) is 1. The molecular formula is C20H29NO12S. The van der Waals surface area contributed by atoms with E-state index in [1.54, 1.807) is 0 Å². The molecule has 6 atom stereocenters. The number of ether oxygens (including phenoxy) is 6. The summed E-state index contributed by atoms with van der Waals surface area (Å²) in [5.74, 6) is -4.20. The van der Waals surface area contributed by atoms with Crippen LogP contribution in [-0.4, -0.2) is 91.1 Å². The SMILES string of the molecule is COC(=O)[C@H](CS[C@@H]1O[C@H](COC(C)=O)[C@@H](OC(C)=O)[C@H](OC(C)=O)[C@H]1OC(C)=O)NC(C)=O. The molecule has 0 unspecified atom stereocenters. The van der Waals surface area contributed by atoms with E-state index in [2.05, 4.69) is 10.1 Å². The standard InChI is InChI=1S/C20H29NO12S/c1-9(22)21-14(19(27)28-6)8-34-20-18(32-13(5)26)17(31-12(4)25)16(30-11(3)24)15(33-20)7-29-10(2)23/h14-18,20H,7-8H2,1-6H3,(H,21,22)/t14-,15+,16+,17-,18+,20-/m0/s1. The Bertz CT molecular complexity index is 788. The van der Waals surface area contributed by atoms with Crippen LogP contribution in [0.4, 0.5) is 0 Å². The van der Waals surface area contributed by atoms with Crippen molar-refractivity contribution in [2.24, 2.45) is 0 Å². The monoisotopic (exact) mass is 507 g/mol. The average molecular weight is 508 g/mol. The molecule has 34 heavy (non-hydrogen) atoms. The third-order valence-corrected chi connectivity index (χ3v) is 5.47. The Morgan fingerprint density at radius 2 is 1.35 bits per heavy atom. The lowest BCUT2D eigenvalue weighted by Gasteiger charge is -2.44. The zero-order valence-electron chi connectivity index (χ0n) is 19.7. The Morgan fingerprint density at radius 1 is 0.824 bits per heavy atom. The summed E-state index contributed by atoms with van der Waals surface area (Å²) in [7, 11) is 1.15. The summed E-state index contributed by atoms with van der Waals surface area (Å²) in [4.78, 5) is 70.2. The van der Waals surface area contributed by atoms with E-state index in [9.17, 15) is 28.8 Å². The number of thioether (sulfide) groups is 1. The molecule has 1 saturated heterocycles. The van der Waals surface area contributed by atoms with Gasteiger partial charge in [-0.15, -0.1) is 11.8 Å². The molecule has 0 aromatic carbocycles. The minimum atomic E-state index is -1.32. The Labute approximate surface area is 200 Å². The van der Waals surface area contributed by atoms with Crippen molar-refractivity contribution in [3.05, 3.63) is 0 Å². The number of rotatable bonds is 10. The van der Waals surface area contributed by atoms with Crippen molar-refractivity contribution >= 4 is 47.5 Å². The van der Waals surface area contributed by atoms with Crippen LogP contribution in [0.15, 0.2) is 0 Å². The lowest BCUT2D eigenvalue weighted by atomic mass is 9.99. The number of amides is 1. The van der Waals surface area contributed by atoms with E-state index < -0.39 is 71.6 Å². The van der Waals surface area contributed by atoms with E-state index in [0.29, 0.717) is 0 Å². The number of hydrogen-bond acceptors (Lipinski definition) is 13. The first-order valence-electron chi connectivity index (χ1n) is 10.1. The van der Waals surface area contributed by atoms with Crippen LogP contribution in [0.3, 0.4) is 0 Å². The van der Waals surface area contributed by atoms with Gasteiger partial charge in [0, 0.05) is 40.4 Å². The minimum absolute atomic E-state index is 0.0833. The first-order valence-corrected chi connectivity index (χ1v) is 11.2. The van der Waals surface area contributed by atoms with Crippen LogP contribution >= 0.6 is 11.8 Å². The number of carbonyl (C=O) groups is 6. The molecule has 13 nitrogen and oxygen atoms in total. The Hall–Kier alpha value is -2.87. The van der Waals surface area contributed by atoms with Gasteiger partial charge in [0.25, 0.3) is 0 Å². The predicted molar refractivity (Wildman–Crippen MR) is 114 cm³/mol. The molecule has 0 saturated carbocycles. The van der Waals surface area contributed by atoms with Gasteiger partial charge < -0.3 is 33.7 Å². The Kier molecular flexibility index (Phi) is 11.8. The summed E-state index contributed by atoms with van der Waals surface area (Å²) in [5, 5.41) is 2.43. The fourth-order valence-corrected chi connectivity index (χ4v) is 4.29. The lowest BCUT2D eigenvalue weighted by Crippen LogP contribution is -2.61. The fraction of sp³-hybridized carbons (Fsp3) is 0.700. The number of carbonyl (C=O) groups excluding carboxylic acids is 6. The summed E-state index contributed by atoms with van der Waals surface area (Å²) in [5.41, 5.74) is -1.08. The van der Waals surface area contributed by atoms with Gasteiger partial charge in [-0.3, -0.25) is 24.0 Å². The van der Waals surface area contributed by atoms with Crippen LogP contribution in [0.25, 0.3) is 0 Å². The van der Waals surface area contributed by atoms with Crippen LogP contribution < -0.4 is 5.32 Å². The maximum absolute atomic E-state index is 12.0. The summed E-state index contributed by atoms with van der Waals surface area (Å²) in [6.45, 7) is 5.35. The minimum Gasteiger partial charge on any atom is -0.467 e.